The van der Waals surface area contributed by atoms with Gasteiger partial charge in [0.05, 0.1) is 18.0 Å². The second-order valence-corrected chi connectivity index (χ2v) is 8.13. The quantitative estimate of drug-likeness (QED) is 0.533. The first-order valence-corrected chi connectivity index (χ1v) is 11.4. The van der Waals surface area contributed by atoms with Crippen LogP contribution in [0.1, 0.15) is 23.6 Å². The second-order valence-electron chi connectivity index (χ2n) is 8.13. The number of esters is 1. The van der Waals surface area contributed by atoms with Crippen LogP contribution in [0.4, 0.5) is 20.6 Å². The molecule has 0 radical (unpaired) electrons. The minimum absolute atomic E-state index is 0.125. The first-order valence-electron chi connectivity index (χ1n) is 11.4. The molecular weight excluding hydrogens is 463 g/mol. The monoisotopic (exact) mass is 488 g/mol. The van der Waals surface area contributed by atoms with Crippen molar-refractivity contribution < 1.29 is 23.5 Å². The van der Waals surface area contributed by atoms with Crippen molar-refractivity contribution in [2.24, 2.45) is 10.7 Å². The van der Waals surface area contributed by atoms with Gasteiger partial charge in [-0.05, 0) is 49.7 Å². The Hall–Kier alpha value is -4.53. The molecule has 3 aromatic carbocycles. The Morgan fingerprint density at radius 2 is 1.75 bits per heavy atom. The lowest BCUT2D eigenvalue weighted by atomic mass is 9.99. The van der Waals surface area contributed by atoms with Crippen LogP contribution < -0.4 is 15.5 Å². The van der Waals surface area contributed by atoms with Gasteiger partial charge in [0.1, 0.15) is 12.4 Å². The van der Waals surface area contributed by atoms with Crippen molar-refractivity contribution in [1.82, 2.24) is 0 Å². The highest BCUT2D eigenvalue weighted by Gasteiger charge is 2.39. The molecule has 0 saturated carbocycles. The number of anilines is 2. The van der Waals surface area contributed by atoms with Gasteiger partial charge in [-0.15, -0.1) is 0 Å². The first-order chi connectivity index (χ1) is 17.3. The van der Waals surface area contributed by atoms with E-state index in [0.717, 1.165) is 10.5 Å². The number of aliphatic imine (C=N–C) groups is 1. The third-order valence-electron chi connectivity index (χ3n) is 5.67. The van der Waals surface area contributed by atoms with Crippen LogP contribution in [-0.2, 0) is 14.3 Å². The summed E-state index contributed by atoms with van der Waals surface area (Å²) in [5, 5.41) is 0. The molecule has 9 heteroatoms. The number of amides is 3. The number of para-hydroxylation sites is 1. The van der Waals surface area contributed by atoms with Gasteiger partial charge < -0.3 is 10.5 Å². The number of hydrogen-bond acceptors (Lipinski definition) is 5. The standard InChI is InChI=1S/C27H25FN4O4/c1-3-36-23(33)16-31-22-14-7-5-12-20(22)24(19-11-4-6-13-21(19)28)30-25(26(31)34)32(27(29)35)18-10-8-9-17(2)15-18/h4-15,25H,3,16H2,1-2H3,(H2,29,35). The summed E-state index contributed by atoms with van der Waals surface area (Å²) in [6.45, 7) is 3.18. The summed E-state index contributed by atoms with van der Waals surface area (Å²) < 4.78 is 20.1. The highest BCUT2D eigenvalue weighted by Crippen LogP contribution is 2.31. The van der Waals surface area contributed by atoms with E-state index < -0.39 is 36.4 Å². The maximum absolute atomic E-state index is 15.0. The number of hydrogen-bond donors (Lipinski definition) is 1. The van der Waals surface area contributed by atoms with Crippen LogP contribution in [0.2, 0.25) is 0 Å². The van der Waals surface area contributed by atoms with Crippen molar-refractivity contribution in [2.45, 2.75) is 20.0 Å². The number of rotatable bonds is 6. The summed E-state index contributed by atoms with van der Waals surface area (Å²) in [6, 6.07) is 18.6. The molecular formula is C27H25FN4O4. The van der Waals surface area contributed by atoms with E-state index in [2.05, 4.69) is 4.99 Å². The van der Waals surface area contributed by atoms with Gasteiger partial charge in [0.2, 0.25) is 6.17 Å². The van der Waals surface area contributed by atoms with Crippen molar-refractivity contribution in [3.63, 3.8) is 0 Å². The molecule has 0 spiro atoms. The summed E-state index contributed by atoms with van der Waals surface area (Å²) in [5.41, 5.74) is 7.93. The average Bonchev–Trinajstić information content (AvgIpc) is 2.95. The second kappa shape index (κ2) is 10.4. The molecule has 1 atom stereocenters. The van der Waals surface area contributed by atoms with Gasteiger partial charge in [0, 0.05) is 16.8 Å². The Morgan fingerprint density at radius 1 is 1.06 bits per heavy atom. The Morgan fingerprint density at radius 3 is 2.42 bits per heavy atom. The fourth-order valence-corrected chi connectivity index (χ4v) is 4.12. The number of nitrogens with zero attached hydrogens (tertiary/aromatic N) is 3. The molecule has 0 aliphatic carbocycles. The molecule has 36 heavy (non-hydrogen) atoms. The summed E-state index contributed by atoms with van der Waals surface area (Å²) in [7, 11) is 0. The number of carbonyl (C=O) groups is 3. The maximum atomic E-state index is 15.0. The van der Waals surface area contributed by atoms with Crippen LogP contribution in [-0.4, -0.2) is 42.9 Å². The van der Waals surface area contributed by atoms with Crippen molar-refractivity contribution in [2.75, 3.05) is 23.0 Å². The summed E-state index contributed by atoms with van der Waals surface area (Å²) in [4.78, 5) is 46.1. The zero-order chi connectivity index (χ0) is 25.8. The zero-order valence-corrected chi connectivity index (χ0v) is 19.8. The average molecular weight is 489 g/mol. The maximum Gasteiger partial charge on any atom is 0.326 e. The van der Waals surface area contributed by atoms with Gasteiger partial charge in [-0.1, -0.05) is 42.5 Å². The number of benzene rings is 3. The van der Waals surface area contributed by atoms with Gasteiger partial charge in [0.15, 0.2) is 0 Å². The number of nitrogens with two attached hydrogens (primary N) is 1. The van der Waals surface area contributed by atoms with Crippen molar-refractivity contribution >= 4 is 35.0 Å². The third-order valence-corrected chi connectivity index (χ3v) is 5.67. The fourth-order valence-electron chi connectivity index (χ4n) is 4.12. The van der Waals surface area contributed by atoms with E-state index in [9.17, 15) is 14.4 Å². The number of primary amides is 1. The van der Waals surface area contributed by atoms with E-state index in [4.69, 9.17) is 10.5 Å². The lowest BCUT2D eigenvalue weighted by molar-refractivity contribution is -0.142. The van der Waals surface area contributed by atoms with Crippen LogP contribution in [0.3, 0.4) is 0 Å². The molecule has 1 unspecified atom stereocenters. The van der Waals surface area contributed by atoms with E-state index in [1.807, 2.05) is 13.0 Å². The largest absolute Gasteiger partial charge is 0.465 e. The normalized spacial score (nSPS) is 15.0. The van der Waals surface area contributed by atoms with Crippen LogP contribution in [0.15, 0.2) is 77.8 Å². The van der Waals surface area contributed by atoms with Crippen LogP contribution >= 0.6 is 0 Å². The minimum Gasteiger partial charge on any atom is -0.465 e. The molecule has 184 valence electrons. The van der Waals surface area contributed by atoms with Gasteiger partial charge in [-0.3, -0.25) is 19.4 Å². The number of halogens is 1. The SMILES string of the molecule is CCOC(=O)CN1C(=O)C(N(C(N)=O)c2cccc(C)c2)N=C(c2ccccc2F)c2ccccc21. The molecule has 0 fully saturated rings. The smallest absolute Gasteiger partial charge is 0.326 e. The Balaban J connectivity index is 1.98. The molecule has 0 saturated heterocycles. The van der Waals surface area contributed by atoms with Crippen LogP contribution in [0.25, 0.3) is 0 Å². The van der Waals surface area contributed by atoms with Gasteiger partial charge in [0.25, 0.3) is 5.91 Å². The molecule has 2 N–H and O–H groups in total. The number of benzodiazepines with no additional fused rings is 1. The number of ether oxygens (including phenoxy) is 1. The molecule has 3 aromatic rings. The molecule has 0 bridgehead atoms. The predicted molar refractivity (Wildman–Crippen MR) is 134 cm³/mol. The zero-order valence-electron chi connectivity index (χ0n) is 19.8. The van der Waals surface area contributed by atoms with E-state index in [-0.39, 0.29) is 17.9 Å². The van der Waals surface area contributed by atoms with E-state index in [0.29, 0.717) is 16.9 Å². The van der Waals surface area contributed by atoms with Crippen molar-refractivity contribution in [3.05, 3.63) is 95.3 Å². The highest BCUT2D eigenvalue weighted by molar-refractivity contribution is 6.21. The molecule has 3 amide bonds. The van der Waals surface area contributed by atoms with Gasteiger partial charge in [-0.2, -0.15) is 0 Å². The van der Waals surface area contributed by atoms with Crippen LogP contribution in [0.5, 0.6) is 0 Å². The third kappa shape index (κ3) is 4.81. The summed E-state index contributed by atoms with van der Waals surface area (Å²) >= 11 is 0. The number of urea groups is 1. The van der Waals surface area contributed by atoms with Gasteiger partial charge in [-0.25, -0.2) is 14.2 Å². The van der Waals surface area contributed by atoms with Gasteiger partial charge >= 0.3 is 12.0 Å². The molecule has 0 aromatic heterocycles. The summed E-state index contributed by atoms with van der Waals surface area (Å²) in [6.07, 6.45) is -1.51. The van der Waals surface area contributed by atoms with E-state index in [1.54, 1.807) is 61.5 Å². The molecule has 1 aliphatic rings. The number of fused-ring (bicyclic) bond motifs is 1. The van der Waals surface area contributed by atoms with E-state index in [1.165, 1.54) is 17.0 Å². The highest BCUT2D eigenvalue weighted by atomic mass is 19.1. The first kappa shape index (κ1) is 24.6. The Labute approximate surface area is 207 Å². The lowest BCUT2D eigenvalue weighted by Crippen LogP contribution is -2.53. The Kier molecular flexibility index (Phi) is 7.10. The lowest BCUT2D eigenvalue weighted by Gasteiger charge is -2.30. The van der Waals surface area contributed by atoms with E-state index >= 15 is 4.39 Å². The number of aryl methyl sites for hydroxylation is 1. The number of carbonyl (C=O) groups excluding carboxylic acids is 3. The predicted octanol–water partition coefficient (Wildman–Crippen LogP) is 3.79. The summed E-state index contributed by atoms with van der Waals surface area (Å²) in [5.74, 6) is -1.89. The Bertz CT molecular complexity index is 1360. The molecule has 1 heterocycles. The molecule has 1 aliphatic heterocycles. The topological polar surface area (TPSA) is 105 Å². The van der Waals surface area contributed by atoms with Crippen molar-refractivity contribution in [3.8, 4) is 0 Å². The fraction of sp³-hybridized carbons (Fsp3) is 0.185. The molecule has 8 nitrogen and oxygen atoms in total. The minimum atomic E-state index is -1.51. The van der Waals surface area contributed by atoms with Crippen LogP contribution in [0, 0.1) is 12.7 Å². The van der Waals surface area contributed by atoms with Crippen molar-refractivity contribution in [1.29, 1.82) is 0 Å². The molecule has 4 rings (SSSR count).